The molecule has 0 aliphatic carbocycles. The maximum atomic E-state index is 13.1. The van der Waals surface area contributed by atoms with Gasteiger partial charge in [-0.15, -0.1) is 0 Å². The highest BCUT2D eigenvalue weighted by Gasteiger charge is 2.33. The molecule has 2 aromatic carbocycles. The topological polar surface area (TPSA) is 73.6 Å². The number of nitrogens with two attached hydrogens (primary N) is 1. The molecule has 0 heterocycles. The largest absolute Gasteiger partial charge is 0.493 e. The van der Waals surface area contributed by atoms with Crippen LogP contribution < -0.4 is 20.5 Å². The van der Waals surface area contributed by atoms with E-state index in [0.717, 1.165) is 12.1 Å². The van der Waals surface area contributed by atoms with Gasteiger partial charge in [-0.1, -0.05) is 6.07 Å². The summed E-state index contributed by atoms with van der Waals surface area (Å²) in [5.74, 6) is 0.486. The molecule has 2 rings (SSSR count). The standard InChI is InChI=1S/C20H23F3N2O3/c1-19(2,13-5-6-16(27-3)17(10-13)28-4)18(26)25-15-8-12(11-24)7-14(9-15)20(21,22)23/h5-10H,11,24H2,1-4H3,(H,25,26). The third kappa shape index (κ3) is 4.56. The van der Waals surface area contributed by atoms with Gasteiger partial charge >= 0.3 is 6.18 Å². The van der Waals surface area contributed by atoms with Crippen molar-refractivity contribution in [1.29, 1.82) is 0 Å². The molecule has 152 valence electrons. The van der Waals surface area contributed by atoms with Gasteiger partial charge in [-0.2, -0.15) is 13.2 Å². The van der Waals surface area contributed by atoms with Crippen LogP contribution in [0.4, 0.5) is 18.9 Å². The first-order chi connectivity index (χ1) is 13.0. The fourth-order valence-corrected chi connectivity index (χ4v) is 2.69. The first-order valence-corrected chi connectivity index (χ1v) is 8.48. The second kappa shape index (κ2) is 8.10. The Morgan fingerprint density at radius 3 is 2.18 bits per heavy atom. The van der Waals surface area contributed by atoms with Crippen LogP contribution in [0, 0.1) is 0 Å². The normalized spacial score (nSPS) is 11.9. The highest BCUT2D eigenvalue weighted by atomic mass is 19.4. The molecular weight excluding hydrogens is 373 g/mol. The minimum Gasteiger partial charge on any atom is -0.493 e. The number of carbonyl (C=O) groups is 1. The van der Waals surface area contributed by atoms with Crippen LogP contribution in [-0.2, 0) is 22.9 Å². The van der Waals surface area contributed by atoms with Gasteiger partial charge in [-0.3, -0.25) is 4.79 Å². The van der Waals surface area contributed by atoms with Crippen molar-refractivity contribution in [3.63, 3.8) is 0 Å². The Morgan fingerprint density at radius 1 is 1.00 bits per heavy atom. The van der Waals surface area contributed by atoms with E-state index in [9.17, 15) is 18.0 Å². The smallest absolute Gasteiger partial charge is 0.416 e. The molecule has 3 N–H and O–H groups in total. The number of alkyl halides is 3. The quantitative estimate of drug-likeness (QED) is 0.771. The second-order valence-electron chi connectivity index (χ2n) is 6.77. The van der Waals surface area contributed by atoms with Gasteiger partial charge in [0.25, 0.3) is 0 Å². The summed E-state index contributed by atoms with van der Waals surface area (Å²) in [6.45, 7) is 3.26. The summed E-state index contributed by atoms with van der Waals surface area (Å²) in [5, 5.41) is 2.57. The molecule has 5 nitrogen and oxygen atoms in total. The number of nitrogens with one attached hydrogen (secondary N) is 1. The summed E-state index contributed by atoms with van der Waals surface area (Å²) in [4.78, 5) is 12.9. The highest BCUT2D eigenvalue weighted by Crippen LogP contribution is 2.35. The number of amides is 1. The third-order valence-electron chi connectivity index (χ3n) is 4.49. The Kier molecular flexibility index (Phi) is 6.23. The summed E-state index contributed by atoms with van der Waals surface area (Å²) >= 11 is 0. The molecule has 0 bridgehead atoms. The van der Waals surface area contributed by atoms with E-state index in [4.69, 9.17) is 15.2 Å². The van der Waals surface area contributed by atoms with Gasteiger partial charge in [-0.25, -0.2) is 0 Å². The van der Waals surface area contributed by atoms with Gasteiger partial charge in [0.1, 0.15) is 0 Å². The van der Waals surface area contributed by atoms with Crippen LogP contribution in [0.2, 0.25) is 0 Å². The van der Waals surface area contributed by atoms with Crippen LogP contribution in [0.1, 0.15) is 30.5 Å². The van der Waals surface area contributed by atoms with E-state index >= 15 is 0 Å². The van der Waals surface area contributed by atoms with Gasteiger partial charge in [0.15, 0.2) is 11.5 Å². The molecule has 8 heteroatoms. The molecular formula is C20H23F3N2O3. The first-order valence-electron chi connectivity index (χ1n) is 8.48. The van der Waals surface area contributed by atoms with Crippen molar-refractivity contribution in [1.82, 2.24) is 0 Å². The number of halogens is 3. The van der Waals surface area contributed by atoms with E-state index in [1.165, 1.54) is 20.3 Å². The Hall–Kier alpha value is -2.74. The summed E-state index contributed by atoms with van der Waals surface area (Å²) in [7, 11) is 2.98. The number of hydrogen-bond donors (Lipinski definition) is 2. The van der Waals surface area contributed by atoms with Crippen LogP contribution in [-0.4, -0.2) is 20.1 Å². The van der Waals surface area contributed by atoms with Crippen LogP contribution in [0.3, 0.4) is 0 Å². The van der Waals surface area contributed by atoms with E-state index in [2.05, 4.69) is 5.32 Å². The van der Waals surface area contributed by atoms with E-state index in [1.807, 2.05) is 0 Å². The fraction of sp³-hybridized carbons (Fsp3) is 0.350. The molecule has 0 aliphatic heterocycles. The summed E-state index contributed by atoms with van der Waals surface area (Å²) in [6.07, 6.45) is -4.54. The fourth-order valence-electron chi connectivity index (χ4n) is 2.69. The molecule has 0 radical (unpaired) electrons. The van der Waals surface area contributed by atoms with Crippen LogP contribution in [0.15, 0.2) is 36.4 Å². The van der Waals surface area contributed by atoms with Gasteiger partial charge in [-0.05, 0) is 55.3 Å². The molecule has 28 heavy (non-hydrogen) atoms. The lowest BCUT2D eigenvalue weighted by atomic mass is 9.83. The van der Waals surface area contributed by atoms with Crippen LogP contribution >= 0.6 is 0 Å². The number of benzene rings is 2. The minimum absolute atomic E-state index is 0.0360. The molecule has 0 saturated carbocycles. The zero-order chi connectivity index (χ0) is 21.1. The Morgan fingerprint density at radius 2 is 1.64 bits per heavy atom. The predicted molar refractivity (Wildman–Crippen MR) is 101 cm³/mol. The molecule has 0 aliphatic rings. The lowest BCUT2D eigenvalue weighted by Crippen LogP contribution is -2.34. The molecule has 0 aromatic heterocycles. The lowest BCUT2D eigenvalue weighted by molar-refractivity contribution is -0.137. The number of hydrogen-bond acceptors (Lipinski definition) is 4. The monoisotopic (exact) mass is 396 g/mol. The second-order valence-corrected chi connectivity index (χ2v) is 6.77. The van der Waals surface area contributed by atoms with Crippen LogP contribution in [0.5, 0.6) is 11.5 Å². The number of carbonyl (C=O) groups excluding carboxylic acids is 1. The lowest BCUT2D eigenvalue weighted by Gasteiger charge is -2.25. The van der Waals surface area contributed by atoms with Gasteiger partial charge in [0.05, 0.1) is 25.2 Å². The maximum absolute atomic E-state index is 13.1. The van der Waals surface area contributed by atoms with E-state index in [1.54, 1.807) is 32.0 Å². The van der Waals surface area contributed by atoms with Gasteiger partial charge in [0, 0.05) is 12.2 Å². The SMILES string of the molecule is COc1ccc(C(C)(C)C(=O)Nc2cc(CN)cc(C(F)(F)F)c2)cc1OC. The van der Waals surface area contributed by atoms with E-state index in [-0.39, 0.29) is 17.8 Å². The number of anilines is 1. The van der Waals surface area contributed by atoms with Crippen molar-refractivity contribution in [3.05, 3.63) is 53.1 Å². The average Bonchev–Trinajstić information content (AvgIpc) is 2.66. The van der Waals surface area contributed by atoms with Gasteiger partial charge < -0.3 is 20.5 Å². The number of rotatable bonds is 6. The van der Waals surface area contributed by atoms with Crippen molar-refractivity contribution in [2.24, 2.45) is 5.73 Å². The average molecular weight is 396 g/mol. The van der Waals surface area contributed by atoms with Crippen molar-refractivity contribution in [2.75, 3.05) is 19.5 Å². The number of ether oxygens (including phenoxy) is 2. The summed E-state index contributed by atoms with van der Waals surface area (Å²) in [6, 6.07) is 8.32. The predicted octanol–water partition coefficient (Wildman–Crippen LogP) is 4.10. The third-order valence-corrected chi connectivity index (χ3v) is 4.49. The minimum atomic E-state index is -4.54. The van der Waals surface area contributed by atoms with E-state index < -0.39 is 23.1 Å². The Labute approximate surface area is 161 Å². The van der Waals surface area contributed by atoms with Crippen molar-refractivity contribution in [2.45, 2.75) is 32.0 Å². The zero-order valence-electron chi connectivity index (χ0n) is 16.1. The van der Waals surface area contributed by atoms with E-state index in [0.29, 0.717) is 17.1 Å². The molecule has 0 spiro atoms. The first kappa shape index (κ1) is 21.6. The van der Waals surface area contributed by atoms with Gasteiger partial charge in [0.2, 0.25) is 5.91 Å². The Balaban J connectivity index is 2.36. The summed E-state index contributed by atoms with van der Waals surface area (Å²) < 4.78 is 49.7. The molecule has 0 unspecified atom stereocenters. The highest BCUT2D eigenvalue weighted by molar-refractivity contribution is 5.98. The molecule has 2 aromatic rings. The molecule has 0 atom stereocenters. The summed E-state index contributed by atoms with van der Waals surface area (Å²) in [5.41, 5.74) is 4.51. The zero-order valence-corrected chi connectivity index (χ0v) is 16.1. The van der Waals surface area contributed by atoms with Crippen LogP contribution in [0.25, 0.3) is 0 Å². The molecule has 0 saturated heterocycles. The Bertz CT molecular complexity index is 864. The van der Waals surface area contributed by atoms with Crippen molar-refractivity contribution >= 4 is 11.6 Å². The molecule has 0 fully saturated rings. The molecule has 1 amide bonds. The number of methoxy groups -OCH3 is 2. The van der Waals surface area contributed by atoms with Crippen molar-refractivity contribution < 1.29 is 27.4 Å². The maximum Gasteiger partial charge on any atom is 0.416 e. The van der Waals surface area contributed by atoms with Crippen molar-refractivity contribution in [3.8, 4) is 11.5 Å².